The molecule has 1 heterocycles. The van der Waals surface area contributed by atoms with E-state index >= 15 is 0 Å². The van der Waals surface area contributed by atoms with Crippen LogP contribution in [0.1, 0.15) is 18.9 Å². The van der Waals surface area contributed by atoms with E-state index in [0.717, 1.165) is 36.8 Å². The van der Waals surface area contributed by atoms with Crippen molar-refractivity contribution in [2.45, 2.75) is 19.9 Å². The summed E-state index contributed by atoms with van der Waals surface area (Å²) in [5.74, 6) is 1.82. The van der Waals surface area contributed by atoms with Crippen molar-refractivity contribution in [3.63, 3.8) is 0 Å². The number of anilines is 2. The van der Waals surface area contributed by atoms with E-state index in [9.17, 15) is 0 Å². The van der Waals surface area contributed by atoms with Crippen molar-refractivity contribution in [3.05, 3.63) is 48.2 Å². The zero-order valence-electron chi connectivity index (χ0n) is 13.0. The molecule has 1 aromatic carbocycles. The number of benzene rings is 1. The molecule has 0 spiro atoms. The van der Waals surface area contributed by atoms with E-state index in [1.54, 1.807) is 7.11 Å². The number of hydrogen-bond donors (Lipinski definition) is 1. The molecule has 0 radical (unpaired) electrons. The molecule has 0 unspecified atom stereocenters. The topological polar surface area (TPSA) is 37.4 Å². The highest BCUT2D eigenvalue weighted by Crippen LogP contribution is 2.27. The number of ether oxygens (including phenoxy) is 1. The minimum absolute atomic E-state index is 0.809. The quantitative estimate of drug-likeness (QED) is 0.844. The zero-order valence-corrected chi connectivity index (χ0v) is 13.0. The number of rotatable bonds is 7. The lowest BCUT2D eigenvalue weighted by atomic mass is 10.2. The molecule has 1 aromatic heterocycles. The Morgan fingerprint density at radius 2 is 2.05 bits per heavy atom. The number of methoxy groups -OCH3 is 1. The Hall–Kier alpha value is -2.23. The molecule has 0 amide bonds. The highest BCUT2D eigenvalue weighted by molar-refractivity contribution is 5.58. The number of nitrogens with zero attached hydrogens (tertiary/aromatic N) is 2. The second-order valence-electron chi connectivity index (χ2n) is 5.00. The molecule has 2 aromatic rings. The maximum atomic E-state index is 5.41. The Morgan fingerprint density at radius 3 is 2.81 bits per heavy atom. The maximum absolute atomic E-state index is 5.41. The van der Waals surface area contributed by atoms with Crippen LogP contribution in [0.25, 0.3) is 0 Å². The molecule has 4 nitrogen and oxygen atoms in total. The summed E-state index contributed by atoms with van der Waals surface area (Å²) in [4.78, 5) is 6.51. The minimum atomic E-state index is 0.809. The molecule has 0 bridgehead atoms. The second kappa shape index (κ2) is 7.53. The van der Waals surface area contributed by atoms with E-state index in [0.29, 0.717) is 0 Å². The van der Waals surface area contributed by atoms with Crippen molar-refractivity contribution in [1.82, 2.24) is 4.98 Å². The normalized spacial score (nSPS) is 10.2. The highest BCUT2D eigenvalue weighted by Gasteiger charge is 2.08. The summed E-state index contributed by atoms with van der Waals surface area (Å²) in [6.07, 6.45) is 2.94. The summed E-state index contributed by atoms with van der Waals surface area (Å²) in [5.41, 5.74) is 2.30. The minimum Gasteiger partial charge on any atom is -0.495 e. The van der Waals surface area contributed by atoms with E-state index in [1.807, 2.05) is 30.5 Å². The van der Waals surface area contributed by atoms with Crippen LogP contribution in [0.15, 0.2) is 42.6 Å². The van der Waals surface area contributed by atoms with E-state index in [2.05, 4.69) is 41.3 Å². The molecule has 2 rings (SSSR count). The van der Waals surface area contributed by atoms with Gasteiger partial charge in [0.25, 0.3) is 0 Å². The average Bonchev–Trinajstić information content (AvgIpc) is 2.53. The molecule has 0 saturated heterocycles. The Kier molecular flexibility index (Phi) is 5.43. The van der Waals surface area contributed by atoms with E-state index in [-0.39, 0.29) is 0 Å². The predicted molar refractivity (Wildman–Crippen MR) is 88.1 cm³/mol. The molecular weight excluding hydrogens is 262 g/mol. The molecule has 0 atom stereocenters. The summed E-state index contributed by atoms with van der Waals surface area (Å²) in [7, 11) is 3.77. The number of pyridine rings is 1. The molecule has 21 heavy (non-hydrogen) atoms. The van der Waals surface area contributed by atoms with Gasteiger partial charge in [-0.05, 0) is 36.2 Å². The van der Waals surface area contributed by atoms with Crippen LogP contribution in [0, 0.1) is 0 Å². The van der Waals surface area contributed by atoms with Crippen LogP contribution in [-0.2, 0) is 6.54 Å². The third-order valence-corrected chi connectivity index (χ3v) is 3.30. The van der Waals surface area contributed by atoms with Crippen molar-refractivity contribution in [2.24, 2.45) is 0 Å². The van der Waals surface area contributed by atoms with E-state index < -0.39 is 0 Å². The van der Waals surface area contributed by atoms with Gasteiger partial charge in [-0.3, -0.25) is 0 Å². The molecule has 0 aliphatic carbocycles. The SMILES string of the molecule is CCCNc1cc(CN(C)c2ccccc2OC)ccn1. The third kappa shape index (κ3) is 4.12. The zero-order chi connectivity index (χ0) is 15.1. The molecular formula is C17H23N3O. The molecule has 1 N–H and O–H groups in total. The van der Waals surface area contributed by atoms with Gasteiger partial charge >= 0.3 is 0 Å². The van der Waals surface area contributed by atoms with Crippen LogP contribution in [-0.4, -0.2) is 25.7 Å². The van der Waals surface area contributed by atoms with Crippen molar-refractivity contribution < 1.29 is 4.74 Å². The number of para-hydroxylation sites is 2. The van der Waals surface area contributed by atoms with Gasteiger partial charge in [0.05, 0.1) is 12.8 Å². The van der Waals surface area contributed by atoms with Crippen LogP contribution in [0.5, 0.6) is 5.75 Å². The Bertz CT molecular complexity index is 571. The van der Waals surface area contributed by atoms with Gasteiger partial charge in [0.15, 0.2) is 0 Å². The van der Waals surface area contributed by atoms with E-state index in [4.69, 9.17) is 4.74 Å². The number of aromatic nitrogens is 1. The first-order valence-corrected chi connectivity index (χ1v) is 7.27. The number of nitrogens with one attached hydrogen (secondary N) is 1. The third-order valence-electron chi connectivity index (χ3n) is 3.30. The standard InChI is InChI=1S/C17H23N3O/c1-4-10-18-17-12-14(9-11-19-17)13-20(2)15-7-5-6-8-16(15)21-3/h5-9,11-12H,4,10,13H2,1-3H3,(H,18,19). The number of hydrogen-bond acceptors (Lipinski definition) is 4. The van der Waals surface area contributed by atoms with Crippen molar-refractivity contribution in [1.29, 1.82) is 0 Å². The monoisotopic (exact) mass is 285 g/mol. The molecule has 0 saturated carbocycles. The largest absolute Gasteiger partial charge is 0.495 e. The fourth-order valence-electron chi connectivity index (χ4n) is 2.23. The summed E-state index contributed by atoms with van der Waals surface area (Å²) in [6.45, 7) is 3.90. The Labute approximate surface area is 126 Å². The van der Waals surface area contributed by atoms with Crippen LogP contribution < -0.4 is 15.0 Å². The molecule has 0 fully saturated rings. The molecule has 4 heteroatoms. The summed E-state index contributed by atoms with van der Waals surface area (Å²) >= 11 is 0. The maximum Gasteiger partial charge on any atom is 0.142 e. The molecule has 0 aliphatic rings. The van der Waals surface area contributed by atoms with E-state index in [1.165, 1.54) is 5.56 Å². The van der Waals surface area contributed by atoms with Gasteiger partial charge in [-0.2, -0.15) is 0 Å². The van der Waals surface area contributed by atoms with Gasteiger partial charge in [-0.15, -0.1) is 0 Å². The lowest BCUT2D eigenvalue weighted by molar-refractivity contribution is 0.415. The average molecular weight is 285 g/mol. The van der Waals surface area contributed by atoms with Gasteiger partial charge in [-0.1, -0.05) is 19.1 Å². The summed E-state index contributed by atoms with van der Waals surface area (Å²) in [5, 5.41) is 3.32. The van der Waals surface area contributed by atoms with Gasteiger partial charge in [0, 0.05) is 26.3 Å². The Balaban J connectivity index is 2.10. The predicted octanol–water partition coefficient (Wildman–Crippen LogP) is 3.55. The van der Waals surface area contributed by atoms with Crippen LogP contribution in [0.4, 0.5) is 11.5 Å². The highest BCUT2D eigenvalue weighted by atomic mass is 16.5. The van der Waals surface area contributed by atoms with Gasteiger partial charge in [0.1, 0.15) is 11.6 Å². The smallest absolute Gasteiger partial charge is 0.142 e. The van der Waals surface area contributed by atoms with Crippen LogP contribution >= 0.6 is 0 Å². The van der Waals surface area contributed by atoms with Gasteiger partial charge in [0.2, 0.25) is 0 Å². The summed E-state index contributed by atoms with van der Waals surface area (Å²) < 4.78 is 5.41. The Morgan fingerprint density at radius 1 is 1.24 bits per heavy atom. The first kappa shape index (κ1) is 15.2. The van der Waals surface area contributed by atoms with Crippen molar-refractivity contribution >= 4 is 11.5 Å². The lowest BCUT2D eigenvalue weighted by Gasteiger charge is -2.22. The molecule has 112 valence electrons. The lowest BCUT2D eigenvalue weighted by Crippen LogP contribution is -2.17. The fraction of sp³-hybridized carbons (Fsp3) is 0.353. The second-order valence-corrected chi connectivity index (χ2v) is 5.00. The van der Waals surface area contributed by atoms with Crippen LogP contribution in [0.2, 0.25) is 0 Å². The van der Waals surface area contributed by atoms with Crippen molar-refractivity contribution in [3.8, 4) is 5.75 Å². The van der Waals surface area contributed by atoms with Gasteiger partial charge in [-0.25, -0.2) is 4.98 Å². The van der Waals surface area contributed by atoms with Gasteiger partial charge < -0.3 is 15.0 Å². The first-order chi connectivity index (χ1) is 10.2. The fourth-order valence-corrected chi connectivity index (χ4v) is 2.23. The van der Waals surface area contributed by atoms with Crippen molar-refractivity contribution in [2.75, 3.05) is 30.9 Å². The van der Waals surface area contributed by atoms with Crippen LogP contribution in [0.3, 0.4) is 0 Å². The first-order valence-electron chi connectivity index (χ1n) is 7.27. The summed E-state index contributed by atoms with van der Waals surface area (Å²) in [6, 6.07) is 12.2. The molecule has 0 aliphatic heterocycles.